The van der Waals surface area contributed by atoms with Crippen molar-refractivity contribution in [2.24, 2.45) is 11.8 Å². The van der Waals surface area contributed by atoms with Gasteiger partial charge in [-0.1, -0.05) is 227 Å². The molecule has 340 valence electrons. The zero-order valence-electron chi connectivity index (χ0n) is 39.1. The number of carbonyl (C=O) groups excluding carboxylic acids is 2. The standard InChI is InChI=1S/C51H101NO5/c1-5-9-13-17-22-29-37-48(36-28-15-11-7-3)38-30-23-19-20-25-33-41-50(54)52(43-46-56-47-44-53)42-34-26-21-27-35-45-57-51(55)49(39-31-16-12-8-4)40-32-24-18-14-10-6-2/h48-49,53H,5-47H2,1-4H3. The van der Waals surface area contributed by atoms with E-state index in [1.165, 1.54) is 161 Å². The Labute approximate surface area is 356 Å². The molecule has 2 unspecified atom stereocenters. The molecule has 0 bridgehead atoms. The van der Waals surface area contributed by atoms with Gasteiger partial charge >= 0.3 is 5.97 Å². The Hall–Kier alpha value is -1.14. The molecular formula is C51H101NO5. The van der Waals surface area contributed by atoms with Crippen LogP contribution in [0, 0.1) is 11.8 Å². The Morgan fingerprint density at radius 1 is 0.439 bits per heavy atom. The maximum absolute atomic E-state index is 13.2. The molecule has 0 radical (unpaired) electrons. The van der Waals surface area contributed by atoms with Crippen molar-refractivity contribution < 1.29 is 24.2 Å². The number of ether oxygens (including phenoxy) is 2. The summed E-state index contributed by atoms with van der Waals surface area (Å²) in [4.78, 5) is 28.2. The number of hydrogen-bond acceptors (Lipinski definition) is 5. The van der Waals surface area contributed by atoms with Crippen molar-refractivity contribution in [3.05, 3.63) is 0 Å². The van der Waals surface area contributed by atoms with Gasteiger partial charge in [-0.05, 0) is 38.0 Å². The van der Waals surface area contributed by atoms with Crippen LogP contribution in [0.15, 0.2) is 0 Å². The summed E-state index contributed by atoms with van der Waals surface area (Å²) in [6.45, 7) is 11.8. The number of nitrogens with zero attached hydrogens (tertiary/aromatic N) is 1. The van der Waals surface area contributed by atoms with E-state index in [1.54, 1.807) is 0 Å². The Bertz CT molecular complexity index is 821. The Morgan fingerprint density at radius 2 is 0.842 bits per heavy atom. The number of carbonyl (C=O) groups is 2. The molecule has 2 atom stereocenters. The second kappa shape index (κ2) is 45.9. The van der Waals surface area contributed by atoms with Gasteiger partial charge in [-0.2, -0.15) is 0 Å². The molecule has 1 amide bonds. The van der Waals surface area contributed by atoms with Gasteiger partial charge in [0.2, 0.25) is 5.91 Å². The topological polar surface area (TPSA) is 76.1 Å². The largest absolute Gasteiger partial charge is 0.465 e. The minimum absolute atomic E-state index is 0.0146. The minimum atomic E-state index is 0.0146. The Balaban J connectivity index is 4.38. The number of esters is 1. The SMILES string of the molecule is CCCCCCCCC(CCCCCC)CCCCCCCCC(=O)N(CCCCCCCOC(=O)C(CCCCCC)CCCCCCCC)CCOCCO. The highest BCUT2D eigenvalue weighted by atomic mass is 16.5. The lowest BCUT2D eigenvalue weighted by Gasteiger charge is -2.23. The zero-order valence-corrected chi connectivity index (χ0v) is 39.1. The van der Waals surface area contributed by atoms with E-state index in [2.05, 4.69) is 27.7 Å². The van der Waals surface area contributed by atoms with Gasteiger partial charge in [-0.15, -0.1) is 0 Å². The lowest BCUT2D eigenvalue weighted by atomic mass is 9.89. The highest BCUT2D eigenvalue weighted by Gasteiger charge is 2.19. The van der Waals surface area contributed by atoms with Gasteiger partial charge in [0, 0.05) is 19.5 Å². The Morgan fingerprint density at radius 3 is 1.33 bits per heavy atom. The highest BCUT2D eigenvalue weighted by molar-refractivity contribution is 5.76. The van der Waals surface area contributed by atoms with E-state index >= 15 is 0 Å². The summed E-state index contributed by atoms with van der Waals surface area (Å²) in [6, 6.07) is 0. The molecule has 1 N–H and O–H groups in total. The van der Waals surface area contributed by atoms with Crippen molar-refractivity contribution in [2.45, 2.75) is 265 Å². The smallest absolute Gasteiger partial charge is 0.308 e. The molecular weight excluding hydrogens is 707 g/mol. The van der Waals surface area contributed by atoms with Gasteiger partial charge in [-0.25, -0.2) is 0 Å². The van der Waals surface area contributed by atoms with Gasteiger partial charge < -0.3 is 19.5 Å². The van der Waals surface area contributed by atoms with Gasteiger partial charge in [0.05, 0.1) is 32.3 Å². The van der Waals surface area contributed by atoms with Gasteiger partial charge in [-0.3, -0.25) is 9.59 Å². The first-order valence-corrected chi connectivity index (χ1v) is 25.7. The Kier molecular flexibility index (Phi) is 45.0. The van der Waals surface area contributed by atoms with Crippen LogP contribution < -0.4 is 0 Å². The van der Waals surface area contributed by atoms with Crippen LogP contribution in [0.5, 0.6) is 0 Å². The number of hydrogen-bond donors (Lipinski definition) is 1. The van der Waals surface area contributed by atoms with E-state index in [1.807, 2.05) is 4.90 Å². The molecule has 0 spiro atoms. The highest BCUT2D eigenvalue weighted by Crippen LogP contribution is 2.25. The quantitative estimate of drug-likeness (QED) is 0.0489. The predicted molar refractivity (Wildman–Crippen MR) is 246 cm³/mol. The van der Waals surface area contributed by atoms with Crippen molar-refractivity contribution in [1.29, 1.82) is 0 Å². The van der Waals surface area contributed by atoms with E-state index in [4.69, 9.17) is 14.6 Å². The van der Waals surface area contributed by atoms with Gasteiger partial charge in [0.25, 0.3) is 0 Å². The van der Waals surface area contributed by atoms with Crippen LogP contribution in [0.25, 0.3) is 0 Å². The maximum atomic E-state index is 13.2. The summed E-state index contributed by atoms with van der Waals surface area (Å²) in [7, 11) is 0. The summed E-state index contributed by atoms with van der Waals surface area (Å²) in [5, 5.41) is 9.11. The third kappa shape index (κ3) is 38.8. The van der Waals surface area contributed by atoms with Crippen LogP contribution in [0.1, 0.15) is 265 Å². The molecule has 0 aliphatic carbocycles. The molecule has 0 aliphatic rings. The summed E-state index contributed by atoms with van der Waals surface area (Å²) >= 11 is 0. The fraction of sp³-hybridized carbons (Fsp3) is 0.961. The summed E-state index contributed by atoms with van der Waals surface area (Å²) in [5.41, 5.74) is 0. The number of aliphatic hydroxyl groups is 1. The van der Waals surface area contributed by atoms with Crippen molar-refractivity contribution >= 4 is 11.9 Å². The normalized spacial score (nSPS) is 12.6. The van der Waals surface area contributed by atoms with Crippen LogP contribution in [0.3, 0.4) is 0 Å². The van der Waals surface area contributed by atoms with Crippen molar-refractivity contribution in [3.8, 4) is 0 Å². The van der Waals surface area contributed by atoms with E-state index < -0.39 is 0 Å². The summed E-state index contributed by atoms with van der Waals surface area (Å²) in [6.07, 6.45) is 45.7. The molecule has 0 aromatic heterocycles. The summed E-state index contributed by atoms with van der Waals surface area (Å²) in [5.74, 6) is 1.30. The fourth-order valence-electron chi connectivity index (χ4n) is 8.38. The first kappa shape index (κ1) is 55.9. The molecule has 0 aromatic carbocycles. The monoisotopic (exact) mass is 808 g/mol. The molecule has 6 nitrogen and oxygen atoms in total. The summed E-state index contributed by atoms with van der Waals surface area (Å²) < 4.78 is 11.3. The average molecular weight is 808 g/mol. The lowest BCUT2D eigenvalue weighted by Crippen LogP contribution is -2.35. The maximum Gasteiger partial charge on any atom is 0.308 e. The molecule has 6 heteroatoms. The molecule has 0 saturated carbocycles. The molecule has 0 saturated heterocycles. The predicted octanol–water partition coefficient (Wildman–Crippen LogP) is 15.1. The van der Waals surface area contributed by atoms with Crippen LogP contribution in [-0.2, 0) is 19.1 Å². The zero-order chi connectivity index (χ0) is 41.7. The first-order valence-electron chi connectivity index (χ1n) is 25.7. The van der Waals surface area contributed by atoms with Crippen molar-refractivity contribution in [3.63, 3.8) is 0 Å². The lowest BCUT2D eigenvalue weighted by molar-refractivity contribution is -0.149. The van der Waals surface area contributed by atoms with Crippen LogP contribution in [0.2, 0.25) is 0 Å². The van der Waals surface area contributed by atoms with Crippen LogP contribution >= 0.6 is 0 Å². The molecule has 0 aromatic rings. The number of unbranched alkanes of at least 4 members (excludes halogenated alkanes) is 25. The van der Waals surface area contributed by atoms with Crippen LogP contribution in [-0.4, -0.2) is 61.4 Å². The number of rotatable bonds is 47. The van der Waals surface area contributed by atoms with Gasteiger partial charge in [0.15, 0.2) is 0 Å². The van der Waals surface area contributed by atoms with E-state index in [-0.39, 0.29) is 24.4 Å². The average Bonchev–Trinajstić information content (AvgIpc) is 3.21. The van der Waals surface area contributed by atoms with Crippen molar-refractivity contribution in [1.82, 2.24) is 4.90 Å². The van der Waals surface area contributed by atoms with E-state index in [0.717, 1.165) is 83.1 Å². The second-order valence-corrected chi connectivity index (χ2v) is 17.7. The molecule has 0 rings (SSSR count). The second-order valence-electron chi connectivity index (χ2n) is 17.7. The van der Waals surface area contributed by atoms with Gasteiger partial charge in [0.1, 0.15) is 0 Å². The third-order valence-electron chi connectivity index (χ3n) is 12.2. The van der Waals surface area contributed by atoms with Crippen LogP contribution in [0.4, 0.5) is 0 Å². The molecule has 0 heterocycles. The van der Waals surface area contributed by atoms with Crippen molar-refractivity contribution in [2.75, 3.05) is 39.5 Å². The fourth-order valence-corrected chi connectivity index (χ4v) is 8.38. The molecule has 57 heavy (non-hydrogen) atoms. The van der Waals surface area contributed by atoms with E-state index in [9.17, 15) is 9.59 Å². The first-order chi connectivity index (χ1) is 28.0. The third-order valence-corrected chi connectivity index (χ3v) is 12.2. The van der Waals surface area contributed by atoms with E-state index in [0.29, 0.717) is 32.8 Å². The minimum Gasteiger partial charge on any atom is -0.465 e. The number of aliphatic hydroxyl groups excluding tert-OH is 1. The molecule has 0 fully saturated rings. The number of amides is 1. The molecule has 0 aliphatic heterocycles.